The molecule has 5 aromatic carbocycles. The number of esters is 1. The number of carbonyl (C=O) groups is 6. The molecule has 568 valence electrons. The number of pyridine rings is 6. The van der Waals surface area contributed by atoms with Gasteiger partial charge in [0.1, 0.15) is 57.8 Å². The van der Waals surface area contributed by atoms with Gasteiger partial charge in [0.15, 0.2) is 0 Å². The quantitative estimate of drug-likeness (QED) is 0.0633. The number of fused-ring (bicyclic) bond motifs is 3. The van der Waals surface area contributed by atoms with Crippen LogP contribution in [0.3, 0.4) is 0 Å². The summed E-state index contributed by atoms with van der Waals surface area (Å²) in [6, 6.07) is 39.8. The minimum atomic E-state index is -0.504. The molecule has 14 rings (SSSR count). The van der Waals surface area contributed by atoms with E-state index in [0.717, 1.165) is 33.5 Å². The van der Waals surface area contributed by atoms with Crippen LogP contribution >= 0.6 is 46.4 Å². The summed E-state index contributed by atoms with van der Waals surface area (Å²) < 4.78 is 69.6. The molecule has 9 heterocycles. The number of amides is 3. The number of Topliss-reactive ketones (excluding diaryl/α,β-unsaturated/α-hetero) is 2. The molecule has 0 unspecified atom stereocenters. The van der Waals surface area contributed by atoms with Gasteiger partial charge in [0.25, 0.3) is 17.7 Å². The number of hydrogen-bond donors (Lipinski definition) is 2. The van der Waals surface area contributed by atoms with Crippen LogP contribution < -0.4 is 30.0 Å². The van der Waals surface area contributed by atoms with Crippen molar-refractivity contribution in [1.82, 2.24) is 45.0 Å². The fourth-order valence-electron chi connectivity index (χ4n) is 12.7. The molecule has 0 atom stereocenters. The number of benzene rings is 5. The van der Waals surface area contributed by atoms with Gasteiger partial charge in [-0.15, -0.1) is 0 Å². The van der Waals surface area contributed by atoms with Crippen LogP contribution in [0.15, 0.2) is 164 Å². The Bertz CT molecular complexity index is 5330. The summed E-state index contributed by atoms with van der Waals surface area (Å²) in [5, 5.41) is 3.69. The maximum atomic E-state index is 14.9. The van der Waals surface area contributed by atoms with Crippen LogP contribution in [0, 0.1) is 17.5 Å². The van der Waals surface area contributed by atoms with E-state index in [2.05, 4.69) is 35.0 Å². The fourth-order valence-corrected chi connectivity index (χ4v) is 13.7. The lowest BCUT2D eigenvalue weighted by atomic mass is 9.98. The van der Waals surface area contributed by atoms with Gasteiger partial charge in [-0.3, -0.25) is 38.7 Å². The Morgan fingerprint density at radius 2 is 0.883 bits per heavy atom. The molecule has 21 nitrogen and oxygen atoms in total. The van der Waals surface area contributed by atoms with Gasteiger partial charge in [-0.2, -0.15) is 0 Å². The number of rotatable bonds is 21. The van der Waals surface area contributed by atoms with E-state index in [1.165, 1.54) is 63.4 Å². The summed E-state index contributed by atoms with van der Waals surface area (Å²) in [5.74, 6) is 0.685. The van der Waals surface area contributed by atoms with Crippen molar-refractivity contribution >= 4 is 87.5 Å². The molecule has 6 aromatic heterocycles. The van der Waals surface area contributed by atoms with Gasteiger partial charge in [0, 0.05) is 78.9 Å². The van der Waals surface area contributed by atoms with Crippen molar-refractivity contribution in [2.45, 2.75) is 78.7 Å². The summed E-state index contributed by atoms with van der Waals surface area (Å²) in [7, 11) is 7.63. The monoisotopic (exact) mass is 1580 g/mol. The zero-order valence-electron chi connectivity index (χ0n) is 61.0. The molecule has 0 radical (unpaired) electrons. The van der Waals surface area contributed by atoms with Crippen molar-refractivity contribution in [3.05, 3.63) is 286 Å². The topological polar surface area (TPSA) is 270 Å². The van der Waals surface area contributed by atoms with Gasteiger partial charge < -0.3 is 44.5 Å². The van der Waals surface area contributed by atoms with E-state index >= 15 is 0 Å². The number of ketones is 2. The van der Waals surface area contributed by atoms with Crippen LogP contribution in [0.2, 0.25) is 20.1 Å². The number of nitrogens with zero attached hydrogens (tertiary/aromatic N) is 8. The average Bonchev–Trinajstić information content (AvgIpc) is 1.66. The van der Waals surface area contributed by atoms with E-state index in [4.69, 9.17) is 76.1 Å². The Hall–Kier alpha value is -11.8. The second-order valence-electron chi connectivity index (χ2n) is 25.7. The van der Waals surface area contributed by atoms with Crippen LogP contribution in [0.1, 0.15) is 112 Å². The van der Waals surface area contributed by atoms with Crippen LogP contribution in [0.4, 0.5) is 19.0 Å². The molecule has 0 aliphatic carbocycles. The Morgan fingerprint density at radius 3 is 1.30 bits per heavy atom. The highest BCUT2D eigenvalue weighted by molar-refractivity contribution is 6.35. The molecular formula is C83H71Cl4F3N10O11. The molecule has 0 spiro atoms. The lowest BCUT2D eigenvalue weighted by Crippen LogP contribution is -2.24. The Kier molecular flexibility index (Phi) is 26.1. The lowest BCUT2D eigenvalue weighted by molar-refractivity contribution is -0.139. The third-order valence-corrected chi connectivity index (χ3v) is 19.2. The zero-order chi connectivity index (χ0) is 79.3. The number of nitrogens with two attached hydrogens (primary N) is 1. The second kappa shape index (κ2) is 36.1. The first-order valence-corrected chi connectivity index (χ1v) is 35.9. The number of halogens is 7. The predicted octanol–water partition coefficient (Wildman–Crippen LogP) is 15.5. The first-order chi connectivity index (χ1) is 53.3. The van der Waals surface area contributed by atoms with Crippen molar-refractivity contribution in [3.63, 3.8) is 0 Å². The van der Waals surface area contributed by atoms with Crippen LogP contribution in [-0.4, -0.2) is 111 Å². The van der Waals surface area contributed by atoms with Crippen molar-refractivity contribution in [2.24, 2.45) is 0 Å². The van der Waals surface area contributed by atoms with Crippen molar-refractivity contribution in [3.8, 4) is 56.8 Å². The normalized spacial score (nSPS) is 12.3. The first kappa shape index (κ1) is 80.2. The van der Waals surface area contributed by atoms with Crippen molar-refractivity contribution in [2.75, 3.05) is 41.3 Å². The van der Waals surface area contributed by atoms with Crippen LogP contribution in [0.5, 0.6) is 23.0 Å². The highest BCUT2D eigenvalue weighted by Crippen LogP contribution is 2.40. The van der Waals surface area contributed by atoms with E-state index in [9.17, 15) is 41.9 Å². The molecule has 0 saturated carbocycles. The molecule has 3 N–H and O–H groups in total. The number of nitrogen functional groups attached to an aromatic ring is 1. The third-order valence-electron chi connectivity index (χ3n) is 17.9. The minimum absolute atomic E-state index is 0.0482. The highest BCUT2D eigenvalue weighted by Gasteiger charge is 2.36. The number of hydrogen-bond acceptors (Lipinski definition) is 18. The Morgan fingerprint density at radius 1 is 0.459 bits per heavy atom. The predicted molar refractivity (Wildman–Crippen MR) is 414 cm³/mol. The summed E-state index contributed by atoms with van der Waals surface area (Å²) >= 11 is 25.2. The molecule has 0 fully saturated rings. The molecule has 28 heteroatoms. The molecule has 3 aliphatic rings. The SMILES string of the molecule is CC(=O)Cc1ccc(Cc2cc(-c3c(F)cccc3Cl)nc3c2C(=O)NC3)nc1.COC(=O)Cc1ccc(N)nc1.COc1ccc(CN2Cc3nc(-c4c(F)cccc4Cl)cc(Cc4ccc(CC(C)=O)cn4)c3C2=O)c(OC)c1.COc1ccc(CN2Cc3nc(-c4c(F)cccc4Cl)cc(Cl)c3C2=O)c(OC)c1. The Labute approximate surface area is 656 Å². The summed E-state index contributed by atoms with van der Waals surface area (Å²) in [4.78, 5) is 102. The van der Waals surface area contributed by atoms with E-state index < -0.39 is 17.5 Å². The smallest absolute Gasteiger partial charge is 0.310 e. The molecule has 3 aliphatic heterocycles. The zero-order valence-corrected chi connectivity index (χ0v) is 64.0. The summed E-state index contributed by atoms with van der Waals surface area (Å²) in [5.41, 5.74) is 16.7. The number of ether oxygens (including phenoxy) is 5. The van der Waals surface area contributed by atoms with E-state index in [1.807, 2.05) is 42.5 Å². The minimum Gasteiger partial charge on any atom is -0.497 e. The van der Waals surface area contributed by atoms with Gasteiger partial charge in [-0.1, -0.05) is 82.8 Å². The number of carbonyl (C=O) groups excluding carboxylic acids is 6. The van der Waals surface area contributed by atoms with Crippen LogP contribution in [-0.2, 0) is 83.9 Å². The maximum absolute atomic E-state index is 14.9. The number of aromatic nitrogens is 6. The number of anilines is 1. The van der Waals surface area contributed by atoms with Gasteiger partial charge in [-0.25, -0.2) is 33.1 Å². The Balaban J connectivity index is 0.000000155. The van der Waals surface area contributed by atoms with Crippen molar-refractivity contribution in [1.29, 1.82) is 0 Å². The van der Waals surface area contributed by atoms with Gasteiger partial charge in [0.2, 0.25) is 0 Å². The molecule has 0 saturated heterocycles. The summed E-state index contributed by atoms with van der Waals surface area (Å²) in [6.07, 6.45) is 6.44. The van der Waals surface area contributed by atoms with Gasteiger partial charge in [0.05, 0.1) is 162 Å². The number of nitrogens with one attached hydrogen (secondary N) is 1. The lowest BCUT2D eigenvalue weighted by Gasteiger charge is -2.18. The molecule has 111 heavy (non-hydrogen) atoms. The highest BCUT2D eigenvalue weighted by atomic mass is 35.5. The van der Waals surface area contributed by atoms with Gasteiger partial charge >= 0.3 is 5.97 Å². The van der Waals surface area contributed by atoms with Crippen molar-refractivity contribution < 1.29 is 65.6 Å². The largest absolute Gasteiger partial charge is 0.497 e. The molecule has 0 bridgehead atoms. The molecule has 11 aromatic rings. The van der Waals surface area contributed by atoms with E-state index in [1.54, 1.807) is 117 Å². The standard InChI is InChI=1S/C31H27ClFN3O4.C22H17Cl2FN2O3.C22H17ClFN3O2.C8H10N2O2/c1-18(37)11-19-7-9-22(34-15-19)12-21-13-26(30-24(32)5-4-6-25(30)33)35-27-17-36(31(38)29(21)27)16-20-8-10-23(39-2)14-28(20)40-3;1-29-13-7-6-12(19(8-13)30-2)10-27-11-18-21(22(27)28)15(24)9-17(26-18)20-14(23)4-3-5-16(20)25;1-12(28)7-13-5-6-15(25-10-13)8-14-9-18(21-16(23)3-2-4-17(21)24)27-19-11-26-22(29)20(14)19;1-12-8(11)4-6-2-3-7(9)10-5-6/h4-10,13-15H,11-12,16-17H2,1-3H3;3-9H,10-11H2,1-2H3;2-6,9-10H,7-8,11H2,1H3,(H,26,29);2-3,5H,4H2,1H3,(H2,9,10). The molecule has 3 amide bonds. The maximum Gasteiger partial charge on any atom is 0.310 e. The first-order valence-electron chi connectivity index (χ1n) is 34.3. The van der Waals surface area contributed by atoms with E-state index in [0.29, 0.717) is 129 Å². The molecular weight excluding hydrogens is 1510 g/mol. The van der Waals surface area contributed by atoms with Crippen LogP contribution in [0.25, 0.3) is 33.8 Å². The van der Waals surface area contributed by atoms with Gasteiger partial charge in [-0.05, 0) is 139 Å². The summed E-state index contributed by atoms with van der Waals surface area (Å²) in [6.45, 7) is 4.41. The second-order valence-corrected chi connectivity index (χ2v) is 27.3. The third kappa shape index (κ3) is 19.3. The number of methoxy groups -OCH3 is 5. The fraction of sp³-hybridized carbons (Fsp3) is 0.205. The van der Waals surface area contributed by atoms with E-state index in [-0.39, 0.29) is 105 Å². The average molecular weight is 1580 g/mol.